The van der Waals surface area contributed by atoms with Gasteiger partial charge in [0.1, 0.15) is 5.84 Å². The summed E-state index contributed by atoms with van der Waals surface area (Å²) < 4.78 is 0. The summed E-state index contributed by atoms with van der Waals surface area (Å²) in [5.41, 5.74) is 7.60. The lowest BCUT2D eigenvalue weighted by Crippen LogP contribution is -2.45. The second kappa shape index (κ2) is 6.68. The van der Waals surface area contributed by atoms with E-state index in [0.717, 1.165) is 25.2 Å². The Labute approximate surface area is 115 Å². The zero-order valence-corrected chi connectivity index (χ0v) is 11.7. The number of hydrogen-bond donors (Lipinski definition) is 2. The molecule has 4 heteroatoms. The molecule has 0 saturated carbocycles. The van der Waals surface area contributed by atoms with Crippen LogP contribution in [0.25, 0.3) is 0 Å². The van der Waals surface area contributed by atoms with Gasteiger partial charge in [-0.3, -0.25) is 10.3 Å². The van der Waals surface area contributed by atoms with Crippen molar-refractivity contribution in [3.05, 3.63) is 35.4 Å². The summed E-state index contributed by atoms with van der Waals surface area (Å²) in [6, 6.07) is 8.02. The maximum Gasteiger partial charge on any atom is 0.122 e. The van der Waals surface area contributed by atoms with Gasteiger partial charge in [-0.05, 0) is 24.6 Å². The molecule has 0 bridgehead atoms. The first-order valence-corrected chi connectivity index (χ1v) is 7.07. The number of nitrogens with two attached hydrogens (primary N) is 1. The molecule has 19 heavy (non-hydrogen) atoms. The van der Waals surface area contributed by atoms with Crippen LogP contribution in [0, 0.1) is 5.41 Å². The van der Waals surface area contributed by atoms with Crippen LogP contribution in [0.5, 0.6) is 0 Å². The van der Waals surface area contributed by atoms with Crippen LogP contribution >= 0.6 is 0 Å². The van der Waals surface area contributed by atoms with Gasteiger partial charge in [0.2, 0.25) is 0 Å². The number of benzene rings is 1. The lowest BCUT2D eigenvalue weighted by atomic mass is 10.1. The quantitative estimate of drug-likeness (QED) is 0.623. The van der Waals surface area contributed by atoms with Crippen LogP contribution in [0.1, 0.15) is 24.5 Å². The number of nitrogens with zero attached hydrogens (tertiary/aromatic N) is 2. The third kappa shape index (κ3) is 4.04. The van der Waals surface area contributed by atoms with E-state index in [4.69, 9.17) is 11.1 Å². The molecule has 0 aliphatic carbocycles. The highest BCUT2D eigenvalue weighted by Gasteiger charge is 2.16. The molecule has 1 aliphatic rings. The van der Waals surface area contributed by atoms with Crippen molar-refractivity contribution >= 4 is 5.84 Å². The maximum atomic E-state index is 7.48. The molecule has 0 unspecified atom stereocenters. The van der Waals surface area contributed by atoms with Gasteiger partial charge < -0.3 is 10.6 Å². The Kier molecular flexibility index (Phi) is 4.93. The van der Waals surface area contributed by atoms with Crippen molar-refractivity contribution in [3.8, 4) is 0 Å². The van der Waals surface area contributed by atoms with Gasteiger partial charge in [-0.25, -0.2) is 0 Å². The van der Waals surface area contributed by atoms with Crippen molar-refractivity contribution in [1.29, 1.82) is 5.41 Å². The average Bonchev–Trinajstić information content (AvgIpc) is 2.42. The highest BCUT2D eigenvalue weighted by molar-refractivity contribution is 5.95. The Morgan fingerprint density at radius 2 is 1.89 bits per heavy atom. The molecule has 0 spiro atoms. The SMILES string of the molecule is CCCN1CCN(Cc2cccc(C(=N)N)c2)CC1. The summed E-state index contributed by atoms with van der Waals surface area (Å²) >= 11 is 0. The smallest absolute Gasteiger partial charge is 0.122 e. The van der Waals surface area contributed by atoms with Crippen molar-refractivity contribution in [2.45, 2.75) is 19.9 Å². The number of hydrogen-bond acceptors (Lipinski definition) is 3. The summed E-state index contributed by atoms with van der Waals surface area (Å²) in [5.74, 6) is 0.148. The van der Waals surface area contributed by atoms with Gasteiger partial charge in [-0.2, -0.15) is 0 Å². The van der Waals surface area contributed by atoms with Gasteiger partial charge in [0.05, 0.1) is 0 Å². The molecule has 3 N–H and O–H groups in total. The Morgan fingerprint density at radius 3 is 2.53 bits per heavy atom. The molecule has 4 nitrogen and oxygen atoms in total. The predicted molar refractivity (Wildman–Crippen MR) is 79.5 cm³/mol. The summed E-state index contributed by atoms with van der Waals surface area (Å²) in [7, 11) is 0. The van der Waals surface area contributed by atoms with Crippen LogP contribution in [-0.4, -0.2) is 48.4 Å². The van der Waals surface area contributed by atoms with Gasteiger partial charge in [-0.15, -0.1) is 0 Å². The zero-order valence-electron chi connectivity index (χ0n) is 11.7. The molecular formula is C15H24N4. The molecule has 1 heterocycles. The first kappa shape index (κ1) is 14.0. The Bertz CT molecular complexity index is 422. The number of piperazine rings is 1. The second-order valence-corrected chi connectivity index (χ2v) is 5.23. The topological polar surface area (TPSA) is 56.4 Å². The summed E-state index contributed by atoms with van der Waals surface area (Å²) in [5, 5.41) is 7.48. The summed E-state index contributed by atoms with van der Waals surface area (Å²) in [6.07, 6.45) is 1.24. The van der Waals surface area contributed by atoms with Crippen LogP contribution in [0.4, 0.5) is 0 Å². The first-order valence-electron chi connectivity index (χ1n) is 7.07. The molecule has 104 valence electrons. The molecule has 1 fully saturated rings. The van der Waals surface area contributed by atoms with Crippen molar-refractivity contribution < 1.29 is 0 Å². The number of rotatable bonds is 5. The number of nitrogen functional groups attached to an aromatic ring is 1. The minimum absolute atomic E-state index is 0.148. The van der Waals surface area contributed by atoms with Gasteiger partial charge in [0.25, 0.3) is 0 Å². The first-order chi connectivity index (χ1) is 9.19. The van der Waals surface area contributed by atoms with Gasteiger partial charge in [-0.1, -0.05) is 25.1 Å². The monoisotopic (exact) mass is 260 g/mol. The molecule has 0 amide bonds. The van der Waals surface area contributed by atoms with Crippen molar-refractivity contribution in [2.24, 2.45) is 5.73 Å². The highest BCUT2D eigenvalue weighted by Crippen LogP contribution is 2.10. The van der Waals surface area contributed by atoms with E-state index in [1.54, 1.807) is 0 Å². The minimum atomic E-state index is 0.148. The van der Waals surface area contributed by atoms with Crippen molar-refractivity contribution in [1.82, 2.24) is 9.80 Å². The van der Waals surface area contributed by atoms with Crippen molar-refractivity contribution in [2.75, 3.05) is 32.7 Å². The maximum absolute atomic E-state index is 7.48. The van der Waals surface area contributed by atoms with E-state index >= 15 is 0 Å². The highest BCUT2D eigenvalue weighted by atomic mass is 15.3. The van der Waals surface area contributed by atoms with Gasteiger partial charge in [0.15, 0.2) is 0 Å². The molecule has 1 aromatic rings. The number of amidine groups is 1. The molecule has 1 saturated heterocycles. The van der Waals surface area contributed by atoms with Crippen LogP contribution in [-0.2, 0) is 6.54 Å². The summed E-state index contributed by atoms with van der Waals surface area (Å²) in [6.45, 7) is 9.00. The van der Waals surface area contributed by atoms with E-state index in [-0.39, 0.29) is 5.84 Å². The van der Waals surface area contributed by atoms with Gasteiger partial charge >= 0.3 is 0 Å². The average molecular weight is 260 g/mol. The fourth-order valence-electron chi connectivity index (χ4n) is 2.58. The Morgan fingerprint density at radius 1 is 1.21 bits per heavy atom. The second-order valence-electron chi connectivity index (χ2n) is 5.23. The van der Waals surface area contributed by atoms with Crippen molar-refractivity contribution in [3.63, 3.8) is 0 Å². The number of nitrogens with one attached hydrogen (secondary N) is 1. The molecule has 0 atom stereocenters. The third-order valence-corrected chi connectivity index (χ3v) is 3.65. The molecule has 1 aliphatic heterocycles. The fraction of sp³-hybridized carbons (Fsp3) is 0.533. The van der Waals surface area contributed by atoms with E-state index in [1.165, 1.54) is 31.6 Å². The molecule has 1 aromatic carbocycles. The van der Waals surface area contributed by atoms with E-state index < -0.39 is 0 Å². The molecule has 2 rings (SSSR count). The van der Waals surface area contributed by atoms with E-state index in [0.29, 0.717) is 0 Å². The van der Waals surface area contributed by atoms with E-state index in [1.807, 2.05) is 18.2 Å². The summed E-state index contributed by atoms with van der Waals surface area (Å²) in [4.78, 5) is 5.01. The minimum Gasteiger partial charge on any atom is -0.384 e. The lowest BCUT2D eigenvalue weighted by Gasteiger charge is -2.34. The van der Waals surface area contributed by atoms with Crippen LogP contribution in [0.2, 0.25) is 0 Å². The lowest BCUT2D eigenvalue weighted by molar-refractivity contribution is 0.127. The van der Waals surface area contributed by atoms with E-state index in [9.17, 15) is 0 Å². The fourth-order valence-corrected chi connectivity index (χ4v) is 2.58. The molecule has 0 aromatic heterocycles. The van der Waals surface area contributed by atoms with Crippen LogP contribution in [0.3, 0.4) is 0 Å². The molecular weight excluding hydrogens is 236 g/mol. The van der Waals surface area contributed by atoms with E-state index in [2.05, 4.69) is 22.8 Å². The van der Waals surface area contributed by atoms with Crippen LogP contribution < -0.4 is 5.73 Å². The predicted octanol–water partition coefficient (Wildman–Crippen LogP) is 1.50. The standard InChI is InChI=1S/C15H24N4/c1-2-6-18-7-9-19(10-8-18)12-13-4-3-5-14(11-13)15(16)17/h3-5,11H,2,6-10,12H2,1H3,(H3,16,17). The zero-order chi connectivity index (χ0) is 13.7. The molecule has 0 radical (unpaired) electrons. The third-order valence-electron chi connectivity index (χ3n) is 3.65. The van der Waals surface area contributed by atoms with Crippen LogP contribution in [0.15, 0.2) is 24.3 Å². The normalized spacial score (nSPS) is 17.5. The Balaban J connectivity index is 1.88. The largest absolute Gasteiger partial charge is 0.384 e. The van der Waals surface area contributed by atoms with Gasteiger partial charge in [0, 0.05) is 38.3 Å². The Hall–Kier alpha value is -1.39.